The van der Waals surface area contributed by atoms with E-state index in [4.69, 9.17) is 0 Å². The summed E-state index contributed by atoms with van der Waals surface area (Å²) in [4.78, 5) is 5.75. The predicted molar refractivity (Wildman–Crippen MR) is 84.8 cm³/mol. The molecule has 0 bridgehead atoms. The molecule has 1 nitrogen and oxygen atoms in total. The molecule has 0 spiro atoms. The van der Waals surface area contributed by atoms with Crippen molar-refractivity contribution in [1.82, 2.24) is 4.90 Å². The van der Waals surface area contributed by atoms with Crippen LogP contribution in [-0.4, -0.2) is 22.8 Å². The van der Waals surface area contributed by atoms with Gasteiger partial charge in [-0.05, 0) is 31.4 Å². The average Bonchev–Trinajstić information content (AvgIpc) is 2.87. The van der Waals surface area contributed by atoms with Crippen molar-refractivity contribution in [2.75, 3.05) is 11.9 Å². The molecule has 0 amide bonds. The van der Waals surface area contributed by atoms with E-state index < -0.39 is 0 Å². The van der Waals surface area contributed by atoms with Crippen LogP contribution < -0.4 is 0 Å². The molecule has 0 N–H and O–H groups in total. The summed E-state index contributed by atoms with van der Waals surface area (Å²) in [6, 6.07) is 5.45. The number of hydrogen-bond acceptors (Lipinski definition) is 2. The van der Waals surface area contributed by atoms with Crippen LogP contribution in [0.15, 0.2) is 12.1 Å². The van der Waals surface area contributed by atoms with E-state index in [1.165, 1.54) is 49.9 Å². The SMILES string of the molecule is CCc1ccc(CN(CCBr)C2CCCCC2)s1. The minimum atomic E-state index is 0.823. The van der Waals surface area contributed by atoms with Crippen LogP contribution >= 0.6 is 27.3 Å². The summed E-state index contributed by atoms with van der Waals surface area (Å²) in [6.45, 7) is 4.58. The van der Waals surface area contributed by atoms with Gasteiger partial charge in [-0.15, -0.1) is 11.3 Å². The first-order chi connectivity index (χ1) is 8.83. The van der Waals surface area contributed by atoms with Crippen LogP contribution in [0.2, 0.25) is 0 Å². The zero-order valence-electron chi connectivity index (χ0n) is 11.3. The Bertz CT molecular complexity index is 344. The molecule has 18 heavy (non-hydrogen) atoms. The van der Waals surface area contributed by atoms with E-state index in [0.717, 1.165) is 17.9 Å². The fraction of sp³-hybridized carbons (Fsp3) is 0.733. The standard InChI is InChI=1S/C15H24BrNS/c1-2-14-8-9-15(18-14)12-17(11-10-16)13-6-4-3-5-7-13/h8-9,13H,2-7,10-12H2,1H3. The lowest BCUT2D eigenvalue weighted by molar-refractivity contribution is 0.159. The van der Waals surface area contributed by atoms with Gasteiger partial charge in [0.1, 0.15) is 0 Å². The van der Waals surface area contributed by atoms with Crippen molar-refractivity contribution < 1.29 is 0 Å². The van der Waals surface area contributed by atoms with E-state index in [9.17, 15) is 0 Å². The highest BCUT2D eigenvalue weighted by molar-refractivity contribution is 9.09. The zero-order valence-corrected chi connectivity index (χ0v) is 13.7. The lowest BCUT2D eigenvalue weighted by Crippen LogP contribution is -2.37. The molecule has 1 saturated carbocycles. The van der Waals surface area contributed by atoms with E-state index in [1.54, 1.807) is 4.88 Å². The summed E-state index contributed by atoms with van der Waals surface area (Å²) in [5.41, 5.74) is 0. The second-order valence-corrected chi connectivity index (χ2v) is 7.22. The molecule has 1 aliphatic rings. The summed E-state index contributed by atoms with van der Waals surface area (Å²) in [5, 5.41) is 1.09. The Morgan fingerprint density at radius 1 is 1.22 bits per heavy atom. The molecule has 2 rings (SSSR count). The highest BCUT2D eigenvalue weighted by Crippen LogP contribution is 2.26. The van der Waals surface area contributed by atoms with Crippen LogP contribution in [0.3, 0.4) is 0 Å². The fourth-order valence-electron chi connectivity index (χ4n) is 2.84. The van der Waals surface area contributed by atoms with Crippen LogP contribution in [0, 0.1) is 0 Å². The molecule has 1 aromatic heterocycles. The van der Waals surface area contributed by atoms with Crippen molar-refractivity contribution >= 4 is 27.3 Å². The Balaban J connectivity index is 1.95. The van der Waals surface area contributed by atoms with Crippen molar-refractivity contribution in [1.29, 1.82) is 0 Å². The second kappa shape index (κ2) is 7.66. The molecule has 0 aliphatic heterocycles. The Hall–Kier alpha value is 0.140. The fourth-order valence-corrected chi connectivity index (χ4v) is 4.28. The van der Waals surface area contributed by atoms with E-state index in [0.29, 0.717) is 0 Å². The molecule has 1 aromatic rings. The maximum atomic E-state index is 3.61. The first kappa shape index (κ1) is 14.5. The van der Waals surface area contributed by atoms with Crippen LogP contribution in [0.4, 0.5) is 0 Å². The zero-order chi connectivity index (χ0) is 12.8. The molecule has 1 fully saturated rings. The molecule has 102 valence electrons. The van der Waals surface area contributed by atoms with E-state index in [2.05, 4.69) is 39.9 Å². The van der Waals surface area contributed by atoms with Crippen molar-refractivity contribution in [3.8, 4) is 0 Å². The summed E-state index contributed by atoms with van der Waals surface area (Å²) >= 11 is 5.60. The predicted octanol–water partition coefficient (Wildman–Crippen LogP) is 4.84. The molecule has 0 radical (unpaired) electrons. The largest absolute Gasteiger partial charge is 0.294 e. The van der Waals surface area contributed by atoms with Gasteiger partial charge in [-0.3, -0.25) is 4.90 Å². The maximum Gasteiger partial charge on any atom is 0.0331 e. The lowest BCUT2D eigenvalue weighted by Gasteiger charge is -2.33. The minimum absolute atomic E-state index is 0.823. The van der Waals surface area contributed by atoms with E-state index >= 15 is 0 Å². The van der Waals surface area contributed by atoms with Gasteiger partial charge in [0.15, 0.2) is 0 Å². The van der Waals surface area contributed by atoms with Crippen molar-refractivity contribution in [3.63, 3.8) is 0 Å². The Morgan fingerprint density at radius 2 is 1.94 bits per heavy atom. The van der Waals surface area contributed by atoms with Gasteiger partial charge in [-0.2, -0.15) is 0 Å². The summed E-state index contributed by atoms with van der Waals surface area (Å²) in [5.74, 6) is 0. The van der Waals surface area contributed by atoms with Gasteiger partial charge in [0.05, 0.1) is 0 Å². The normalized spacial score (nSPS) is 17.5. The molecule has 0 saturated heterocycles. The molecule has 0 atom stereocenters. The van der Waals surface area contributed by atoms with Crippen molar-refractivity contribution in [2.24, 2.45) is 0 Å². The smallest absolute Gasteiger partial charge is 0.0331 e. The van der Waals surface area contributed by atoms with Gasteiger partial charge in [0.2, 0.25) is 0 Å². The highest BCUT2D eigenvalue weighted by Gasteiger charge is 2.21. The van der Waals surface area contributed by atoms with Gasteiger partial charge in [0.25, 0.3) is 0 Å². The Morgan fingerprint density at radius 3 is 2.56 bits per heavy atom. The quantitative estimate of drug-likeness (QED) is 0.675. The number of aryl methyl sites for hydroxylation is 1. The van der Waals surface area contributed by atoms with E-state index in [-0.39, 0.29) is 0 Å². The first-order valence-electron chi connectivity index (χ1n) is 7.21. The van der Waals surface area contributed by atoms with Gasteiger partial charge >= 0.3 is 0 Å². The van der Waals surface area contributed by atoms with Crippen LogP contribution in [0.25, 0.3) is 0 Å². The molecule has 0 aromatic carbocycles. The van der Waals surface area contributed by atoms with E-state index in [1.807, 2.05) is 11.3 Å². The Labute approximate surface area is 124 Å². The van der Waals surface area contributed by atoms with Gasteiger partial charge in [-0.1, -0.05) is 42.1 Å². The summed E-state index contributed by atoms with van der Waals surface area (Å²) in [6.07, 6.45) is 8.27. The number of rotatable bonds is 6. The molecular formula is C15H24BrNS. The number of nitrogens with zero attached hydrogens (tertiary/aromatic N) is 1. The summed E-state index contributed by atoms with van der Waals surface area (Å²) < 4.78 is 0. The number of thiophene rings is 1. The maximum absolute atomic E-state index is 3.61. The van der Waals surface area contributed by atoms with Gasteiger partial charge in [0, 0.05) is 34.2 Å². The van der Waals surface area contributed by atoms with Crippen LogP contribution in [-0.2, 0) is 13.0 Å². The van der Waals surface area contributed by atoms with Crippen LogP contribution in [0.5, 0.6) is 0 Å². The monoisotopic (exact) mass is 329 g/mol. The van der Waals surface area contributed by atoms with Gasteiger partial charge < -0.3 is 0 Å². The van der Waals surface area contributed by atoms with Crippen LogP contribution in [0.1, 0.15) is 48.8 Å². The topological polar surface area (TPSA) is 3.24 Å². The number of hydrogen-bond donors (Lipinski definition) is 0. The Kier molecular flexibility index (Phi) is 6.19. The third-order valence-electron chi connectivity index (χ3n) is 3.89. The number of halogens is 1. The minimum Gasteiger partial charge on any atom is -0.294 e. The third-order valence-corrected chi connectivity index (χ3v) is 5.46. The second-order valence-electron chi connectivity index (χ2n) is 5.17. The van der Waals surface area contributed by atoms with Gasteiger partial charge in [-0.25, -0.2) is 0 Å². The first-order valence-corrected chi connectivity index (χ1v) is 9.15. The molecule has 0 unspecified atom stereocenters. The average molecular weight is 330 g/mol. The van der Waals surface area contributed by atoms with Crippen molar-refractivity contribution in [2.45, 2.75) is 58.0 Å². The molecule has 1 heterocycles. The molecule has 3 heteroatoms. The number of alkyl halides is 1. The molecular weight excluding hydrogens is 306 g/mol. The van der Waals surface area contributed by atoms with Crippen molar-refractivity contribution in [3.05, 3.63) is 21.9 Å². The molecule has 1 aliphatic carbocycles. The third kappa shape index (κ3) is 4.07. The lowest BCUT2D eigenvalue weighted by atomic mass is 9.94. The highest BCUT2D eigenvalue weighted by atomic mass is 79.9. The summed E-state index contributed by atoms with van der Waals surface area (Å²) in [7, 11) is 0.